The number of carbonyl (C=O) groups excluding carboxylic acids is 3. The molecule has 2 aliphatic heterocycles. The fourth-order valence-electron chi connectivity index (χ4n) is 5.76. The molecule has 2 aromatic rings. The average molecular weight is 668 g/mol. The highest BCUT2D eigenvalue weighted by Crippen LogP contribution is 2.25. The van der Waals surface area contributed by atoms with Crippen LogP contribution in [0.4, 0.5) is 4.79 Å². The van der Waals surface area contributed by atoms with Crippen molar-refractivity contribution in [1.82, 2.24) is 25.0 Å². The zero-order valence-electron chi connectivity index (χ0n) is 28.1. The van der Waals surface area contributed by atoms with Crippen LogP contribution in [0.5, 0.6) is 5.75 Å². The predicted molar refractivity (Wildman–Crippen MR) is 179 cm³/mol. The first-order valence-electron chi connectivity index (χ1n) is 16.9. The smallest absolute Gasteiger partial charge is 0.409 e. The molecule has 2 aliphatic rings. The number of hydrogen-bond acceptors (Lipinski definition) is 9. The third-order valence-corrected chi connectivity index (χ3v) is 8.73. The summed E-state index contributed by atoms with van der Waals surface area (Å²) in [5.74, 6) is -1.23. The highest BCUT2D eigenvalue weighted by atomic mass is 16.6. The van der Waals surface area contributed by atoms with E-state index in [2.05, 4.69) is 15.2 Å². The van der Waals surface area contributed by atoms with Gasteiger partial charge >= 0.3 is 12.1 Å². The number of likely N-dealkylation sites (tertiary alicyclic amines) is 1. The molecule has 3 heterocycles. The summed E-state index contributed by atoms with van der Waals surface area (Å²) in [6.45, 7) is 7.46. The molecular weight excluding hydrogens is 618 g/mol. The molecule has 2 fully saturated rings. The number of hydrogen-bond donors (Lipinski definition) is 2. The number of unbranched alkanes of at least 4 members (excludes halogenated alkanes) is 1. The Morgan fingerprint density at radius 1 is 0.979 bits per heavy atom. The number of piperazine rings is 1. The van der Waals surface area contributed by atoms with Crippen LogP contribution in [0, 0.1) is 5.92 Å². The Morgan fingerprint density at radius 2 is 1.69 bits per heavy atom. The Kier molecular flexibility index (Phi) is 14.4. The van der Waals surface area contributed by atoms with E-state index in [0.717, 1.165) is 50.9 Å². The van der Waals surface area contributed by atoms with Gasteiger partial charge in [-0.1, -0.05) is 43.7 Å². The van der Waals surface area contributed by atoms with Crippen molar-refractivity contribution in [1.29, 1.82) is 0 Å². The summed E-state index contributed by atoms with van der Waals surface area (Å²) in [4.78, 5) is 61.2. The number of piperidine rings is 1. The van der Waals surface area contributed by atoms with Crippen molar-refractivity contribution in [3.05, 3.63) is 48.2 Å². The van der Waals surface area contributed by atoms with Crippen LogP contribution in [0.1, 0.15) is 55.9 Å². The van der Waals surface area contributed by atoms with Crippen LogP contribution >= 0.6 is 0 Å². The highest BCUT2D eigenvalue weighted by molar-refractivity contribution is 5.97. The molecule has 0 radical (unpaired) electrons. The summed E-state index contributed by atoms with van der Waals surface area (Å²) in [6, 6.07) is 11.7. The molecule has 48 heavy (non-hydrogen) atoms. The molecule has 1 aromatic heterocycles. The van der Waals surface area contributed by atoms with Crippen LogP contribution in [0.15, 0.2) is 42.5 Å². The Hall–Kier alpha value is -4.23. The molecular formula is C35H49N5O8. The standard InChI is InChI=1S/C35H49N5O8/c1-3-4-21-47-35(45)40-18-16-39(17-19-40)34(44)29(10-11-32(41)42)37-33(43)31-24-28(23-30(36-31)27-8-6-5-7-9-27)48-25-26-12-14-38(15-13-26)20-22-46-2/h5-9,23-24,26,29H,3-4,10-22,25H2,1-2H3,(H,37,43)(H,41,42)/t29-/m0/s1. The van der Waals surface area contributed by atoms with Crippen molar-refractivity contribution in [2.24, 2.45) is 5.92 Å². The minimum atomic E-state index is -1.09. The van der Waals surface area contributed by atoms with Crippen LogP contribution in [-0.2, 0) is 19.1 Å². The van der Waals surface area contributed by atoms with Gasteiger partial charge in [-0.2, -0.15) is 0 Å². The third-order valence-electron chi connectivity index (χ3n) is 8.73. The molecule has 0 bridgehead atoms. The number of carboxylic acids is 1. The average Bonchev–Trinajstić information content (AvgIpc) is 3.12. The Bertz CT molecular complexity index is 1340. The number of rotatable bonds is 16. The largest absolute Gasteiger partial charge is 0.493 e. The Balaban J connectivity index is 1.44. The van der Waals surface area contributed by atoms with Gasteiger partial charge in [0.25, 0.3) is 5.91 Å². The van der Waals surface area contributed by atoms with E-state index >= 15 is 0 Å². The predicted octanol–water partition coefficient (Wildman–Crippen LogP) is 3.53. The van der Waals surface area contributed by atoms with E-state index in [1.807, 2.05) is 37.3 Å². The van der Waals surface area contributed by atoms with E-state index in [9.17, 15) is 24.3 Å². The highest BCUT2D eigenvalue weighted by Gasteiger charge is 2.31. The molecule has 262 valence electrons. The molecule has 13 heteroatoms. The molecule has 0 aliphatic carbocycles. The van der Waals surface area contributed by atoms with Gasteiger partial charge in [-0.15, -0.1) is 0 Å². The van der Waals surface area contributed by atoms with Crippen LogP contribution in [0.3, 0.4) is 0 Å². The van der Waals surface area contributed by atoms with Gasteiger partial charge in [0.15, 0.2) is 0 Å². The lowest BCUT2D eigenvalue weighted by Gasteiger charge is -2.36. The molecule has 0 unspecified atom stereocenters. The number of pyridine rings is 1. The van der Waals surface area contributed by atoms with Gasteiger partial charge in [0.1, 0.15) is 17.5 Å². The minimum absolute atomic E-state index is 0.0634. The zero-order chi connectivity index (χ0) is 34.3. The number of carbonyl (C=O) groups is 4. The van der Waals surface area contributed by atoms with Crippen molar-refractivity contribution in [2.45, 2.75) is 51.5 Å². The van der Waals surface area contributed by atoms with E-state index in [-0.39, 0.29) is 44.7 Å². The van der Waals surface area contributed by atoms with E-state index in [1.165, 1.54) is 0 Å². The van der Waals surface area contributed by atoms with Gasteiger partial charge in [-0.25, -0.2) is 9.78 Å². The molecule has 4 rings (SSSR count). The zero-order valence-corrected chi connectivity index (χ0v) is 28.1. The first-order valence-corrected chi connectivity index (χ1v) is 16.9. The summed E-state index contributed by atoms with van der Waals surface area (Å²) in [5, 5.41) is 12.1. The molecule has 13 nitrogen and oxygen atoms in total. The van der Waals surface area contributed by atoms with Crippen LogP contribution < -0.4 is 10.1 Å². The monoisotopic (exact) mass is 667 g/mol. The molecule has 3 amide bonds. The van der Waals surface area contributed by atoms with Gasteiger partial charge in [0.2, 0.25) is 5.91 Å². The minimum Gasteiger partial charge on any atom is -0.493 e. The normalized spacial score (nSPS) is 16.3. The number of nitrogens with zero attached hydrogens (tertiary/aromatic N) is 4. The molecule has 0 saturated carbocycles. The van der Waals surface area contributed by atoms with E-state index in [0.29, 0.717) is 37.2 Å². The summed E-state index contributed by atoms with van der Waals surface area (Å²) in [7, 11) is 1.71. The van der Waals surface area contributed by atoms with Gasteiger partial charge in [-0.05, 0) is 44.7 Å². The maximum atomic E-state index is 13.7. The SMILES string of the molecule is CCCCOC(=O)N1CCN(C(=O)[C@H](CCC(=O)O)NC(=O)c2cc(OCC3CCN(CCOC)CC3)cc(-c3ccccc3)n2)CC1. The number of carboxylic acid groups (broad SMARTS) is 1. The van der Waals surface area contributed by atoms with Crippen molar-refractivity contribution in [3.8, 4) is 17.0 Å². The van der Waals surface area contributed by atoms with Crippen LogP contribution in [0.25, 0.3) is 11.3 Å². The summed E-state index contributed by atoms with van der Waals surface area (Å²) >= 11 is 0. The number of aromatic nitrogens is 1. The summed E-state index contributed by atoms with van der Waals surface area (Å²) in [6.07, 6.45) is 2.86. The third kappa shape index (κ3) is 11.2. The topological polar surface area (TPSA) is 151 Å². The second-order valence-electron chi connectivity index (χ2n) is 12.3. The van der Waals surface area contributed by atoms with Crippen molar-refractivity contribution >= 4 is 23.9 Å². The molecule has 1 aromatic carbocycles. The van der Waals surface area contributed by atoms with E-state index < -0.39 is 29.9 Å². The van der Waals surface area contributed by atoms with Crippen LogP contribution in [0.2, 0.25) is 0 Å². The Labute approximate surface area is 282 Å². The number of amides is 3. The van der Waals surface area contributed by atoms with Crippen molar-refractivity contribution in [2.75, 3.05) is 72.7 Å². The number of aliphatic carboxylic acids is 1. The maximum absolute atomic E-state index is 13.7. The number of benzene rings is 1. The first kappa shape index (κ1) is 36.6. The van der Waals surface area contributed by atoms with Gasteiger partial charge in [-0.3, -0.25) is 14.4 Å². The quantitative estimate of drug-likeness (QED) is 0.255. The first-order chi connectivity index (χ1) is 23.3. The molecule has 1 atom stereocenters. The maximum Gasteiger partial charge on any atom is 0.409 e. The molecule has 2 N–H and O–H groups in total. The summed E-state index contributed by atoms with van der Waals surface area (Å²) in [5.41, 5.74) is 1.41. The lowest BCUT2D eigenvalue weighted by molar-refractivity contribution is -0.138. The van der Waals surface area contributed by atoms with Crippen LogP contribution in [-0.4, -0.2) is 127 Å². The number of methoxy groups -OCH3 is 1. The molecule has 0 spiro atoms. The lowest BCUT2D eigenvalue weighted by Crippen LogP contribution is -2.56. The van der Waals surface area contributed by atoms with Gasteiger partial charge in [0, 0.05) is 64.0 Å². The number of nitrogens with one attached hydrogen (secondary N) is 1. The lowest BCUT2D eigenvalue weighted by atomic mass is 9.98. The van der Waals surface area contributed by atoms with E-state index in [1.54, 1.807) is 29.0 Å². The second kappa shape index (κ2) is 18.9. The fraction of sp³-hybridized carbons (Fsp3) is 0.571. The Morgan fingerprint density at radius 3 is 2.35 bits per heavy atom. The van der Waals surface area contributed by atoms with Crippen molar-refractivity contribution in [3.63, 3.8) is 0 Å². The fourth-order valence-corrected chi connectivity index (χ4v) is 5.76. The summed E-state index contributed by atoms with van der Waals surface area (Å²) < 4.78 is 16.7. The number of ether oxygens (including phenoxy) is 3. The van der Waals surface area contributed by atoms with E-state index in [4.69, 9.17) is 14.2 Å². The molecule has 2 saturated heterocycles. The van der Waals surface area contributed by atoms with Gasteiger partial charge in [0.05, 0.1) is 25.5 Å². The van der Waals surface area contributed by atoms with Crippen molar-refractivity contribution < 1.29 is 38.5 Å². The van der Waals surface area contributed by atoms with Gasteiger partial charge < -0.3 is 39.3 Å². The second-order valence-corrected chi connectivity index (χ2v) is 12.3.